The van der Waals surface area contributed by atoms with Crippen molar-refractivity contribution < 1.29 is 14.7 Å². The Morgan fingerprint density at radius 3 is 2.39 bits per heavy atom. The van der Waals surface area contributed by atoms with E-state index in [2.05, 4.69) is 19.2 Å². The summed E-state index contributed by atoms with van der Waals surface area (Å²) in [5.41, 5.74) is 0. The van der Waals surface area contributed by atoms with Gasteiger partial charge >= 0.3 is 12.0 Å². The van der Waals surface area contributed by atoms with E-state index in [9.17, 15) is 9.59 Å². The molecule has 1 saturated heterocycles. The maximum atomic E-state index is 12.0. The molecule has 1 heterocycles. The van der Waals surface area contributed by atoms with Crippen LogP contribution >= 0.6 is 11.8 Å². The molecule has 1 fully saturated rings. The molecule has 0 bridgehead atoms. The van der Waals surface area contributed by atoms with Crippen molar-refractivity contribution in [2.45, 2.75) is 26.3 Å². The second-order valence-corrected chi connectivity index (χ2v) is 5.97. The van der Waals surface area contributed by atoms with Crippen LogP contribution < -0.4 is 5.32 Å². The van der Waals surface area contributed by atoms with E-state index in [0.717, 1.165) is 5.75 Å². The number of hydrogen-bond acceptors (Lipinski definition) is 3. The molecule has 5 nitrogen and oxygen atoms in total. The fraction of sp³-hybridized carbons (Fsp3) is 0.833. The molecular formula is C12H22N2O3S. The van der Waals surface area contributed by atoms with E-state index in [0.29, 0.717) is 31.3 Å². The van der Waals surface area contributed by atoms with Gasteiger partial charge in [0.1, 0.15) is 6.04 Å². The molecule has 0 saturated carbocycles. The monoisotopic (exact) mass is 274 g/mol. The maximum Gasteiger partial charge on any atom is 0.326 e. The Balaban J connectivity index is 2.48. The molecule has 0 aromatic rings. The van der Waals surface area contributed by atoms with Crippen LogP contribution in [0.25, 0.3) is 0 Å². The number of amides is 2. The average Bonchev–Trinajstić information content (AvgIpc) is 2.64. The van der Waals surface area contributed by atoms with Crippen molar-refractivity contribution in [1.82, 2.24) is 10.2 Å². The Labute approximate surface area is 112 Å². The van der Waals surface area contributed by atoms with Crippen molar-refractivity contribution in [2.24, 2.45) is 11.8 Å². The highest BCUT2D eigenvalue weighted by Gasteiger charge is 2.31. The smallest absolute Gasteiger partial charge is 0.326 e. The van der Waals surface area contributed by atoms with E-state index in [1.165, 1.54) is 0 Å². The van der Waals surface area contributed by atoms with E-state index in [-0.39, 0.29) is 6.03 Å². The predicted octanol–water partition coefficient (Wildman–Crippen LogP) is 1.49. The minimum atomic E-state index is -0.960. The number of aliphatic carboxylic acids is 1. The standard InChI is InChI=1S/C12H22N2O3S/c1-8-6-14(7-9(8)2)12(17)13-10(11(15)16)4-5-18-3/h8-10H,4-7H2,1-3H3,(H,13,17)(H,15,16)/t8?,9?,10-/m1/s1. The second-order valence-electron chi connectivity index (χ2n) is 4.98. The molecule has 1 rings (SSSR count). The summed E-state index contributed by atoms with van der Waals surface area (Å²) in [5, 5.41) is 11.7. The van der Waals surface area contributed by atoms with Crippen molar-refractivity contribution in [3.8, 4) is 0 Å². The first kappa shape index (κ1) is 15.1. The number of nitrogens with zero attached hydrogens (tertiary/aromatic N) is 1. The van der Waals surface area contributed by atoms with Crippen LogP contribution in [0.1, 0.15) is 20.3 Å². The van der Waals surface area contributed by atoms with Crippen molar-refractivity contribution in [3.05, 3.63) is 0 Å². The molecule has 0 radical (unpaired) electrons. The van der Waals surface area contributed by atoms with Gasteiger partial charge in [-0.15, -0.1) is 0 Å². The normalized spacial score (nSPS) is 24.9. The molecular weight excluding hydrogens is 252 g/mol. The SMILES string of the molecule is CSCC[C@@H](NC(=O)N1CC(C)C(C)C1)C(=O)O. The van der Waals surface area contributed by atoms with Crippen LogP contribution in [0.2, 0.25) is 0 Å². The van der Waals surface area contributed by atoms with Gasteiger partial charge in [-0.3, -0.25) is 0 Å². The highest BCUT2D eigenvalue weighted by Crippen LogP contribution is 2.22. The largest absolute Gasteiger partial charge is 0.480 e. The first-order valence-electron chi connectivity index (χ1n) is 6.22. The number of carbonyl (C=O) groups is 2. The topological polar surface area (TPSA) is 69.6 Å². The fourth-order valence-electron chi connectivity index (χ4n) is 2.03. The molecule has 0 spiro atoms. The molecule has 0 aromatic carbocycles. The predicted molar refractivity (Wildman–Crippen MR) is 72.9 cm³/mol. The van der Waals surface area contributed by atoms with Gasteiger partial charge in [0, 0.05) is 13.1 Å². The van der Waals surface area contributed by atoms with Crippen molar-refractivity contribution >= 4 is 23.8 Å². The van der Waals surface area contributed by atoms with Crippen LogP contribution in [0, 0.1) is 11.8 Å². The van der Waals surface area contributed by atoms with Gasteiger partial charge in [-0.2, -0.15) is 11.8 Å². The molecule has 18 heavy (non-hydrogen) atoms. The van der Waals surface area contributed by atoms with E-state index < -0.39 is 12.0 Å². The molecule has 2 amide bonds. The van der Waals surface area contributed by atoms with Gasteiger partial charge in [0.05, 0.1) is 0 Å². The van der Waals surface area contributed by atoms with Crippen LogP contribution in [0.15, 0.2) is 0 Å². The van der Waals surface area contributed by atoms with E-state index in [4.69, 9.17) is 5.11 Å². The summed E-state index contributed by atoms with van der Waals surface area (Å²) in [6.07, 6.45) is 2.38. The van der Waals surface area contributed by atoms with E-state index in [1.54, 1.807) is 16.7 Å². The number of rotatable bonds is 5. The molecule has 2 N–H and O–H groups in total. The van der Waals surface area contributed by atoms with Crippen molar-refractivity contribution in [1.29, 1.82) is 0 Å². The van der Waals surface area contributed by atoms with Crippen molar-refractivity contribution in [2.75, 3.05) is 25.1 Å². The summed E-state index contributed by atoms with van der Waals surface area (Å²) in [4.78, 5) is 24.7. The number of urea groups is 1. The third-order valence-electron chi connectivity index (χ3n) is 3.48. The van der Waals surface area contributed by atoms with Crippen LogP contribution in [0.4, 0.5) is 4.79 Å². The van der Waals surface area contributed by atoms with Gasteiger partial charge in [-0.05, 0) is 30.3 Å². The number of carboxylic acids is 1. The van der Waals surface area contributed by atoms with Crippen molar-refractivity contribution in [3.63, 3.8) is 0 Å². The molecule has 1 aliphatic rings. The summed E-state index contributed by atoms with van der Waals surface area (Å²) in [7, 11) is 0. The highest BCUT2D eigenvalue weighted by molar-refractivity contribution is 7.98. The van der Waals surface area contributed by atoms with Gasteiger partial charge in [0.25, 0.3) is 0 Å². The summed E-state index contributed by atoms with van der Waals surface area (Å²) in [6.45, 7) is 5.64. The molecule has 1 aliphatic heterocycles. The summed E-state index contributed by atoms with van der Waals surface area (Å²) < 4.78 is 0. The van der Waals surface area contributed by atoms with E-state index >= 15 is 0 Å². The third kappa shape index (κ3) is 4.08. The highest BCUT2D eigenvalue weighted by atomic mass is 32.2. The van der Waals surface area contributed by atoms with Gasteiger partial charge in [-0.25, -0.2) is 9.59 Å². The first-order chi connectivity index (χ1) is 8.45. The van der Waals surface area contributed by atoms with Gasteiger partial charge in [0.2, 0.25) is 0 Å². The summed E-state index contributed by atoms with van der Waals surface area (Å²) >= 11 is 1.58. The Morgan fingerprint density at radius 2 is 1.94 bits per heavy atom. The summed E-state index contributed by atoms with van der Waals surface area (Å²) in [5.74, 6) is 0.720. The number of hydrogen-bond donors (Lipinski definition) is 2. The zero-order valence-corrected chi connectivity index (χ0v) is 12.0. The van der Waals surface area contributed by atoms with Gasteiger partial charge in [-0.1, -0.05) is 13.8 Å². The molecule has 2 unspecified atom stereocenters. The molecule has 104 valence electrons. The Morgan fingerprint density at radius 1 is 1.39 bits per heavy atom. The zero-order chi connectivity index (χ0) is 13.7. The molecule has 3 atom stereocenters. The second kappa shape index (κ2) is 6.87. The fourth-order valence-corrected chi connectivity index (χ4v) is 2.50. The number of carbonyl (C=O) groups excluding carboxylic acids is 1. The lowest BCUT2D eigenvalue weighted by molar-refractivity contribution is -0.139. The molecule has 0 aliphatic carbocycles. The van der Waals surface area contributed by atoms with E-state index in [1.807, 2.05) is 6.26 Å². The Bertz CT molecular complexity index is 302. The first-order valence-corrected chi connectivity index (χ1v) is 7.62. The minimum absolute atomic E-state index is 0.250. The summed E-state index contributed by atoms with van der Waals surface area (Å²) in [6, 6.07) is -1.03. The van der Waals surface area contributed by atoms with Crippen LogP contribution in [0.3, 0.4) is 0 Å². The lowest BCUT2D eigenvalue weighted by Gasteiger charge is -2.20. The number of nitrogens with one attached hydrogen (secondary N) is 1. The van der Waals surface area contributed by atoms with Gasteiger partial charge < -0.3 is 15.3 Å². The zero-order valence-electron chi connectivity index (χ0n) is 11.2. The molecule has 6 heteroatoms. The number of thioether (sulfide) groups is 1. The quantitative estimate of drug-likeness (QED) is 0.797. The number of likely N-dealkylation sites (tertiary alicyclic amines) is 1. The van der Waals surface area contributed by atoms with Crippen LogP contribution in [0.5, 0.6) is 0 Å². The third-order valence-corrected chi connectivity index (χ3v) is 4.13. The lowest BCUT2D eigenvalue weighted by Crippen LogP contribution is -2.47. The van der Waals surface area contributed by atoms with Crippen LogP contribution in [-0.4, -0.2) is 53.1 Å². The molecule has 0 aromatic heterocycles. The maximum absolute atomic E-state index is 12.0. The Hall–Kier alpha value is -0.910. The minimum Gasteiger partial charge on any atom is -0.480 e. The Kier molecular flexibility index (Phi) is 5.78. The number of carboxylic acid groups (broad SMARTS) is 1. The average molecular weight is 274 g/mol. The van der Waals surface area contributed by atoms with Crippen LogP contribution in [-0.2, 0) is 4.79 Å². The van der Waals surface area contributed by atoms with Gasteiger partial charge in [0.15, 0.2) is 0 Å². The lowest BCUT2D eigenvalue weighted by atomic mass is 10.0.